The zero-order valence-corrected chi connectivity index (χ0v) is 16.7. The number of amides is 1. The van der Waals surface area contributed by atoms with Gasteiger partial charge in [-0.15, -0.1) is 0 Å². The number of hydrogen-bond acceptors (Lipinski definition) is 3. The second-order valence-electron chi connectivity index (χ2n) is 7.84. The lowest BCUT2D eigenvalue weighted by molar-refractivity contribution is 0.0943. The molecule has 1 aliphatic heterocycles. The minimum Gasteiger partial charge on any atom is -0.494 e. The number of fused-ring (bicyclic) bond motifs is 3. The molecule has 3 unspecified atom stereocenters. The zero-order chi connectivity index (χ0) is 19.7. The van der Waals surface area contributed by atoms with Crippen molar-refractivity contribution in [3.63, 3.8) is 0 Å². The second-order valence-corrected chi connectivity index (χ2v) is 7.84. The van der Waals surface area contributed by atoms with Gasteiger partial charge in [0.05, 0.1) is 23.9 Å². The summed E-state index contributed by atoms with van der Waals surface area (Å²) in [6.07, 6.45) is 5.58. The molecule has 0 radical (unpaired) electrons. The van der Waals surface area contributed by atoms with Crippen LogP contribution in [0, 0.1) is 5.92 Å². The van der Waals surface area contributed by atoms with E-state index in [1.54, 1.807) is 0 Å². The van der Waals surface area contributed by atoms with Crippen LogP contribution in [0.25, 0.3) is 0 Å². The highest BCUT2D eigenvalue weighted by atomic mass is 16.5. The molecule has 1 aliphatic carbocycles. The first-order valence-electron chi connectivity index (χ1n) is 10.2. The van der Waals surface area contributed by atoms with Crippen molar-refractivity contribution in [3.05, 3.63) is 71.3 Å². The molecule has 3 atom stereocenters. The Hall–Kier alpha value is -2.75. The zero-order valence-electron chi connectivity index (χ0n) is 16.7. The lowest BCUT2D eigenvalue weighted by Crippen LogP contribution is -2.34. The summed E-state index contributed by atoms with van der Waals surface area (Å²) in [6.45, 7) is 6.61. The number of para-hydroxylation sites is 2. The van der Waals surface area contributed by atoms with E-state index in [9.17, 15) is 4.79 Å². The molecule has 0 fully saturated rings. The summed E-state index contributed by atoms with van der Waals surface area (Å²) in [6, 6.07) is 14.5. The predicted octanol–water partition coefficient (Wildman–Crippen LogP) is 5.05. The summed E-state index contributed by atoms with van der Waals surface area (Å²) in [5, 5.41) is 6.76. The van der Waals surface area contributed by atoms with Crippen LogP contribution in [0.15, 0.2) is 54.6 Å². The van der Waals surface area contributed by atoms with Gasteiger partial charge in [-0.2, -0.15) is 0 Å². The molecule has 1 heterocycles. The number of rotatable bonds is 5. The standard InChI is InChI=1S/C24H28N2O2/c1-4-28-21-14-6-5-9-19(21)22-17-11-7-10-16(17)18-12-8-13-20(23(18)26-22)24(27)25-15(2)3/h5-10,12-17,22,26H,4,11H2,1-3H3,(H,25,27). The molecule has 0 aromatic heterocycles. The fourth-order valence-corrected chi connectivity index (χ4v) is 4.48. The van der Waals surface area contributed by atoms with Crippen molar-refractivity contribution in [2.75, 3.05) is 11.9 Å². The maximum Gasteiger partial charge on any atom is 0.253 e. The number of carbonyl (C=O) groups excluding carboxylic acids is 1. The van der Waals surface area contributed by atoms with Crippen molar-refractivity contribution in [2.45, 2.75) is 45.2 Å². The number of carbonyl (C=O) groups is 1. The monoisotopic (exact) mass is 376 g/mol. The van der Waals surface area contributed by atoms with Gasteiger partial charge in [0.2, 0.25) is 0 Å². The van der Waals surface area contributed by atoms with Crippen LogP contribution in [-0.2, 0) is 0 Å². The molecule has 0 spiro atoms. The molecule has 0 bridgehead atoms. The maximum atomic E-state index is 12.8. The number of nitrogens with one attached hydrogen (secondary N) is 2. The van der Waals surface area contributed by atoms with Crippen molar-refractivity contribution >= 4 is 11.6 Å². The van der Waals surface area contributed by atoms with Crippen LogP contribution in [0.2, 0.25) is 0 Å². The molecule has 28 heavy (non-hydrogen) atoms. The SMILES string of the molecule is CCOc1ccccc1C1Nc2c(C(=O)NC(C)C)cccc2C2C=CCC21. The lowest BCUT2D eigenvalue weighted by atomic mass is 9.76. The van der Waals surface area contributed by atoms with E-state index < -0.39 is 0 Å². The van der Waals surface area contributed by atoms with Gasteiger partial charge >= 0.3 is 0 Å². The van der Waals surface area contributed by atoms with Crippen molar-refractivity contribution in [2.24, 2.45) is 5.92 Å². The fourth-order valence-electron chi connectivity index (χ4n) is 4.48. The van der Waals surface area contributed by atoms with E-state index in [0.29, 0.717) is 24.0 Å². The Morgan fingerprint density at radius 1 is 1.18 bits per heavy atom. The van der Waals surface area contributed by atoms with Crippen LogP contribution in [-0.4, -0.2) is 18.6 Å². The fraction of sp³-hybridized carbons (Fsp3) is 0.375. The topological polar surface area (TPSA) is 50.4 Å². The van der Waals surface area contributed by atoms with Gasteiger partial charge in [-0.25, -0.2) is 0 Å². The van der Waals surface area contributed by atoms with Gasteiger partial charge in [-0.1, -0.05) is 42.5 Å². The molecule has 2 aromatic rings. The lowest BCUT2D eigenvalue weighted by Gasteiger charge is -2.38. The van der Waals surface area contributed by atoms with Crippen molar-refractivity contribution in [1.82, 2.24) is 5.32 Å². The highest BCUT2D eigenvalue weighted by Gasteiger charge is 2.40. The highest BCUT2D eigenvalue weighted by Crippen LogP contribution is 2.51. The Kier molecular flexibility index (Phi) is 5.12. The number of anilines is 1. The average molecular weight is 377 g/mol. The van der Waals surface area contributed by atoms with Gasteiger partial charge in [-0.3, -0.25) is 4.79 Å². The molecule has 0 saturated heterocycles. The smallest absolute Gasteiger partial charge is 0.253 e. The quantitative estimate of drug-likeness (QED) is 0.718. The van der Waals surface area contributed by atoms with Crippen molar-refractivity contribution < 1.29 is 9.53 Å². The molecule has 4 rings (SSSR count). The molecular weight excluding hydrogens is 348 g/mol. The molecule has 4 nitrogen and oxygen atoms in total. The van der Waals surface area contributed by atoms with Gasteiger partial charge < -0.3 is 15.4 Å². The first-order valence-corrected chi connectivity index (χ1v) is 10.2. The van der Waals surface area contributed by atoms with Crippen LogP contribution >= 0.6 is 0 Å². The first kappa shape index (κ1) is 18.6. The number of ether oxygens (including phenoxy) is 1. The van der Waals surface area contributed by atoms with Gasteiger partial charge in [-0.05, 0) is 50.8 Å². The molecule has 0 saturated carbocycles. The summed E-state index contributed by atoms with van der Waals surface area (Å²) in [4.78, 5) is 12.8. The van der Waals surface area contributed by atoms with Crippen molar-refractivity contribution in [1.29, 1.82) is 0 Å². The Morgan fingerprint density at radius 3 is 2.75 bits per heavy atom. The van der Waals surface area contributed by atoms with E-state index in [-0.39, 0.29) is 18.0 Å². The van der Waals surface area contributed by atoms with Gasteiger partial charge in [0.1, 0.15) is 5.75 Å². The minimum absolute atomic E-state index is 0.0309. The summed E-state index contributed by atoms with van der Waals surface area (Å²) in [5.74, 6) is 1.61. The van der Waals surface area contributed by atoms with E-state index >= 15 is 0 Å². The van der Waals surface area contributed by atoms with Gasteiger partial charge in [0.15, 0.2) is 0 Å². The Bertz CT molecular complexity index is 903. The highest BCUT2D eigenvalue weighted by molar-refractivity contribution is 6.01. The molecule has 1 amide bonds. The summed E-state index contributed by atoms with van der Waals surface area (Å²) < 4.78 is 5.92. The molecule has 2 aliphatic rings. The Balaban J connectivity index is 1.79. The van der Waals surface area contributed by atoms with Crippen LogP contribution in [0.4, 0.5) is 5.69 Å². The minimum atomic E-state index is -0.0309. The number of benzene rings is 2. The Labute approximate surface area is 167 Å². The normalized spacial score (nSPS) is 22.4. The predicted molar refractivity (Wildman–Crippen MR) is 113 cm³/mol. The molecule has 146 valence electrons. The molecule has 4 heteroatoms. The van der Waals surface area contributed by atoms with Crippen LogP contribution in [0.3, 0.4) is 0 Å². The molecule has 2 N–H and O–H groups in total. The third-order valence-electron chi connectivity index (χ3n) is 5.62. The van der Waals surface area contributed by atoms with E-state index in [1.165, 1.54) is 5.56 Å². The summed E-state index contributed by atoms with van der Waals surface area (Å²) in [7, 11) is 0. The number of hydrogen-bond donors (Lipinski definition) is 2. The molecular formula is C24H28N2O2. The first-order chi connectivity index (χ1) is 13.6. The van der Waals surface area contributed by atoms with E-state index in [1.807, 2.05) is 45.0 Å². The van der Waals surface area contributed by atoms with Crippen molar-refractivity contribution in [3.8, 4) is 5.75 Å². The third-order valence-corrected chi connectivity index (χ3v) is 5.62. The van der Waals surface area contributed by atoms with Crippen LogP contribution in [0.5, 0.6) is 5.75 Å². The average Bonchev–Trinajstić information content (AvgIpc) is 3.17. The second kappa shape index (κ2) is 7.70. The van der Waals surface area contributed by atoms with Gasteiger partial charge in [0, 0.05) is 17.5 Å². The summed E-state index contributed by atoms with van der Waals surface area (Å²) in [5.41, 5.74) is 4.03. The van der Waals surface area contributed by atoms with Gasteiger partial charge in [0.25, 0.3) is 5.91 Å². The summed E-state index contributed by atoms with van der Waals surface area (Å²) >= 11 is 0. The van der Waals surface area contributed by atoms with E-state index in [4.69, 9.17) is 4.74 Å². The Morgan fingerprint density at radius 2 is 1.96 bits per heavy atom. The maximum absolute atomic E-state index is 12.8. The van der Waals surface area contributed by atoms with Crippen LogP contribution < -0.4 is 15.4 Å². The third kappa shape index (κ3) is 3.28. The largest absolute Gasteiger partial charge is 0.494 e. The van der Waals surface area contributed by atoms with Crippen LogP contribution in [0.1, 0.15) is 60.6 Å². The van der Waals surface area contributed by atoms with E-state index in [2.05, 4.69) is 41.0 Å². The number of allylic oxidation sites excluding steroid dienone is 2. The van der Waals surface area contributed by atoms with E-state index in [0.717, 1.165) is 23.4 Å². The molecule has 2 aromatic carbocycles.